The molecular weight excluding hydrogens is 534 g/mol. The maximum atomic E-state index is 13.8. The Bertz CT molecular complexity index is 1490. The van der Waals surface area contributed by atoms with Gasteiger partial charge in [-0.1, -0.05) is 42.8 Å². The van der Waals surface area contributed by atoms with Crippen LogP contribution in [0, 0.1) is 5.92 Å². The van der Waals surface area contributed by atoms with E-state index < -0.39 is 15.7 Å². The van der Waals surface area contributed by atoms with Crippen LogP contribution in [0.4, 0.5) is 5.69 Å². The summed E-state index contributed by atoms with van der Waals surface area (Å²) in [6.07, 6.45) is 3.30. The van der Waals surface area contributed by atoms with E-state index in [2.05, 4.69) is 17.1 Å². The molecule has 204 valence electrons. The summed E-state index contributed by atoms with van der Waals surface area (Å²) in [5, 5.41) is 3.52. The van der Waals surface area contributed by atoms with E-state index in [1.165, 1.54) is 48.1 Å². The highest BCUT2D eigenvalue weighted by atomic mass is 35.5. The fourth-order valence-electron chi connectivity index (χ4n) is 5.37. The highest BCUT2D eigenvalue weighted by Crippen LogP contribution is 2.38. The van der Waals surface area contributed by atoms with Gasteiger partial charge in [0.25, 0.3) is 11.8 Å². The number of nitrogens with one attached hydrogen (secondary N) is 1. The van der Waals surface area contributed by atoms with Gasteiger partial charge in [-0.15, -0.1) is 0 Å². The van der Waals surface area contributed by atoms with Crippen LogP contribution in [-0.2, 0) is 16.4 Å². The van der Waals surface area contributed by atoms with Gasteiger partial charge in [0.15, 0.2) is 0 Å². The maximum Gasteiger partial charge on any atom is 0.259 e. The molecule has 39 heavy (non-hydrogen) atoms. The molecular formula is C30H32ClN3O4S. The van der Waals surface area contributed by atoms with Crippen LogP contribution in [0.1, 0.15) is 52.5 Å². The summed E-state index contributed by atoms with van der Waals surface area (Å²) < 4.78 is 27.3. The number of hydrogen-bond donors (Lipinski definition) is 1. The number of nitrogens with zero attached hydrogens (tertiary/aromatic N) is 2. The smallest absolute Gasteiger partial charge is 0.259 e. The van der Waals surface area contributed by atoms with Crippen molar-refractivity contribution in [1.29, 1.82) is 0 Å². The van der Waals surface area contributed by atoms with Crippen LogP contribution in [0.5, 0.6) is 0 Å². The van der Waals surface area contributed by atoms with Crippen molar-refractivity contribution < 1.29 is 18.0 Å². The molecule has 2 aliphatic heterocycles. The van der Waals surface area contributed by atoms with Crippen molar-refractivity contribution >= 4 is 38.9 Å². The van der Waals surface area contributed by atoms with Crippen molar-refractivity contribution in [2.24, 2.45) is 5.92 Å². The lowest BCUT2D eigenvalue weighted by molar-refractivity contribution is 0.0946. The summed E-state index contributed by atoms with van der Waals surface area (Å²) in [5.41, 5.74) is 1.36. The van der Waals surface area contributed by atoms with E-state index in [4.69, 9.17) is 11.6 Å². The van der Waals surface area contributed by atoms with Crippen LogP contribution in [0.2, 0.25) is 5.02 Å². The van der Waals surface area contributed by atoms with Crippen molar-refractivity contribution in [1.82, 2.24) is 10.2 Å². The zero-order chi connectivity index (χ0) is 27.6. The zero-order valence-corrected chi connectivity index (χ0v) is 23.5. The summed E-state index contributed by atoms with van der Waals surface area (Å²) in [6.45, 7) is 6.01. The second-order valence-corrected chi connectivity index (χ2v) is 12.7. The first-order valence-corrected chi connectivity index (χ1v) is 15.1. The molecule has 2 heterocycles. The van der Waals surface area contributed by atoms with E-state index in [0.717, 1.165) is 31.6 Å². The summed E-state index contributed by atoms with van der Waals surface area (Å²) >= 11 is 6.05. The molecule has 0 aromatic heterocycles. The molecule has 0 saturated carbocycles. The number of anilines is 1. The second kappa shape index (κ2) is 11.5. The van der Waals surface area contributed by atoms with Crippen LogP contribution >= 0.6 is 11.6 Å². The maximum absolute atomic E-state index is 13.8. The first-order valence-electron chi connectivity index (χ1n) is 13.3. The molecule has 2 aliphatic rings. The van der Waals surface area contributed by atoms with Gasteiger partial charge < -0.3 is 15.1 Å². The number of halogens is 1. The molecule has 1 fully saturated rings. The van der Waals surface area contributed by atoms with E-state index in [-0.39, 0.29) is 33.5 Å². The highest BCUT2D eigenvalue weighted by Gasteiger charge is 2.36. The van der Waals surface area contributed by atoms with Gasteiger partial charge in [-0.2, -0.15) is 0 Å². The van der Waals surface area contributed by atoms with E-state index in [1.807, 2.05) is 0 Å². The number of likely N-dealkylation sites (tertiary alicyclic amines) is 1. The first kappa shape index (κ1) is 27.4. The Hall–Kier alpha value is -3.20. The van der Waals surface area contributed by atoms with Gasteiger partial charge in [0, 0.05) is 23.7 Å². The third kappa shape index (κ3) is 5.88. The van der Waals surface area contributed by atoms with E-state index in [0.29, 0.717) is 23.0 Å². The number of piperidine rings is 1. The van der Waals surface area contributed by atoms with Crippen molar-refractivity contribution in [3.63, 3.8) is 0 Å². The molecule has 2 amide bonds. The highest BCUT2D eigenvalue weighted by molar-refractivity contribution is 7.91. The molecule has 1 saturated heterocycles. The Morgan fingerprint density at radius 1 is 1.05 bits per heavy atom. The lowest BCUT2D eigenvalue weighted by atomic mass is 10.0. The number of rotatable bonds is 7. The third-order valence-electron chi connectivity index (χ3n) is 7.39. The summed E-state index contributed by atoms with van der Waals surface area (Å²) in [7, 11) is -4.00. The fourth-order valence-corrected chi connectivity index (χ4v) is 7.13. The van der Waals surface area contributed by atoms with Gasteiger partial charge in [0.05, 0.1) is 27.6 Å². The fraction of sp³-hybridized carbons (Fsp3) is 0.333. The summed E-state index contributed by atoms with van der Waals surface area (Å²) in [5.74, 6) is -0.0482. The standard InChI is InChI=1S/C30H32ClN3O4S/c1-21-6-4-16-33(19-21)17-5-15-32-29(35)23-11-14-28-26(18-23)34(20-22-9-12-24(31)13-10-22)30(36)25-7-2-3-8-27(25)39(28,37)38/h2-3,7-14,18,21H,4-6,15-17,19-20H2,1H3,(H,32,35)/t21-/m1/s1. The quantitative estimate of drug-likeness (QED) is 0.399. The van der Waals surface area contributed by atoms with Crippen LogP contribution in [0.3, 0.4) is 0 Å². The molecule has 0 bridgehead atoms. The summed E-state index contributed by atoms with van der Waals surface area (Å²) in [4.78, 5) is 30.7. The average Bonchev–Trinajstić information content (AvgIpc) is 3.00. The van der Waals surface area contributed by atoms with Crippen LogP contribution < -0.4 is 10.2 Å². The Morgan fingerprint density at radius 2 is 1.82 bits per heavy atom. The number of benzene rings is 3. The minimum Gasteiger partial charge on any atom is -0.352 e. The van der Waals surface area contributed by atoms with E-state index in [1.54, 1.807) is 36.4 Å². The SMILES string of the molecule is C[C@@H]1CCCN(CCCNC(=O)c2ccc3c(c2)N(Cc2ccc(Cl)cc2)C(=O)c2ccccc2S3(=O)=O)C1. The molecule has 0 unspecified atom stereocenters. The molecule has 1 N–H and O–H groups in total. The number of amides is 2. The molecule has 0 aliphatic carbocycles. The molecule has 1 atom stereocenters. The number of fused-ring (bicyclic) bond motifs is 2. The predicted molar refractivity (Wildman–Crippen MR) is 152 cm³/mol. The van der Waals surface area contributed by atoms with Gasteiger partial charge in [-0.25, -0.2) is 8.42 Å². The Morgan fingerprint density at radius 3 is 2.59 bits per heavy atom. The van der Waals surface area contributed by atoms with Crippen LogP contribution in [-0.4, -0.2) is 51.3 Å². The average molecular weight is 566 g/mol. The summed E-state index contributed by atoms with van der Waals surface area (Å²) in [6, 6.07) is 17.7. The van der Waals surface area contributed by atoms with Gasteiger partial charge in [0.2, 0.25) is 9.84 Å². The van der Waals surface area contributed by atoms with Crippen molar-refractivity contribution in [3.05, 3.63) is 88.4 Å². The zero-order valence-electron chi connectivity index (χ0n) is 21.9. The Balaban J connectivity index is 1.42. The Kier molecular flexibility index (Phi) is 8.07. The van der Waals surface area contributed by atoms with Crippen molar-refractivity contribution in [3.8, 4) is 0 Å². The molecule has 0 spiro atoms. The number of hydrogen-bond acceptors (Lipinski definition) is 5. The predicted octanol–water partition coefficient (Wildman–Crippen LogP) is 5.19. The molecule has 3 aromatic carbocycles. The van der Waals surface area contributed by atoms with E-state index in [9.17, 15) is 18.0 Å². The lowest BCUT2D eigenvalue weighted by Crippen LogP contribution is -2.36. The minimum absolute atomic E-state index is 0.00877. The van der Waals surface area contributed by atoms with Gasteiger partial charge in [0.1, 0.15) is 0 Å². The first-order chi connectivity index (χ1) is 18.7. The van der Waals surface area contributed by atoms with Crippen molar-refractivity contribution in [2.75, 3.05) is 31.1 Å². The monoisotopic (exact) mass is 565 g/mol. The van der Waals surface area contributed by atoms with Crippen LogP contribution in [0.15, 0.2) is 76.5 Å². The minimum atomic E-state index is -4.00. The largest absolute Gasteiger partial charge is 0.352 e. The number of sulfone groups is 1. The van der Waals surface area contributed by atoms with E-state index >= 15 is 0 Å². The number of carbonyl (C=O) groups is 2. The topological polar surface area (TPSA) is 86.8 Å². The van der Waals surface area contributed by atoms with Gasteiger partial charge >= 0.3 is 0 Å². The lowest BCUT2D eigenvalue weighted by Gasteiger charge is -2.30. The molecule has 3 aromatic rings. The molecule has 0 radical (unpaired) electrons. The molecule has 9 heteroatoms. The van der Waals surface area contributed by atoms with Gasteiger partial charge in [-0.05, 0) is 86.3 Å². The van der Waals surface area contributed by atoms with Crippen LogP contribution in [0.25, 0.3) is 0 Å². The normalized spacial score (nSPS) is 18.7. The third-order valence-corrected chi connectivity index (χ3v) is 9.50. The van der Waals surface area contributed by atoms with Gasteiger partial charge in [-0.3, -0.25) is 9.59 Å². The molecule has 7 nitrogen and oxygen atoms in total. The number of carbonyl (C=O) groups excluding carboxylic acids is 2. The second-order valence-electron chi connectivity index (χ2n) is 10.4. The van der Waals surface area contributed by atoms with Crippen molar-refractivity contribution in [2.45, 2.75) is 42.5 Å². The molecule has 5 rings (SSSR count). The Labute approximate surface area is 234 Å².